The molecular weight excluding hydrogens is 504 g/mol. The van der Waals surface area contributed by atoms with Gasteiger partial charge in [-0.2, -0.15) is 0 Å². The maximum absolute atomic E-state index is 10.4. The number of carbonyl (C=O) groups is 2. The molecule has 2 rings (SSSR count). The first-order valence-electron chi connectivity index (χ1n) is 7.13. The van der Waals surface area contributed by atoms with Crippen LogP contribution in [0.15, 0.2) is 0 Å². The largest absolute Gasteiger partial charge is 2.00 e. The van der Waals surface area contributed by atoms with Gasteiger partial charge in [0.05, 0.1) is 0 Å². The van der Waals surface area contributed by atoms with Gasteiger partial charge in [0, 0.05) is 33.4 Å². The number of hydrogen-bond donors (Lipinski definition) is 0. The molecule has 0 bridgehead atoms. The molecule has 0 aromatic rings. The molecule has 2 saturated carbocycles. The summed E-state index contributed by atoms with van der Waals surface area (Å²) in [5, 5.41) is 20.8. The van der Waals surface area contributed by atoms with Gasteiger partial charge in [-0.3, -0.25) is 0 Å². The molecule has 0 aromatic carbocycles. The Morgan fingerprint density at radius 2 is 1.00 bits per heavy atom. The average Bonchev–Trinajstić information content (AvgIpc) is 2.40. The van der Waals surface area contributed by atoms with Crippen LogP contribution >= 0.6 is 31.9 Å². The molecule has 0 saturated heterocycles. The van der Waals surface area contributed by atoms with Crippen LogP contribution in [0.25, 0.3) is 0 Å². The zero-order chi connectivity index (χ0) is 15.1. The van der Waals surface area contributed by atoms with Crippen molar-refractivity contribution in [3.8, 4) is 0 Å². The molecule has 0 N–H and O–H groups in total. The van der Waals surface area contributed by atoms with E-state index in [1.807, 2.05) is 0 Å². The van der Waals surface area contributed by atoms with Crippen molar-refractivity contribution in [2.45, 2.75) is 61.0 Å². The predicted molar refractivity (Wildman–Crippen MR) is 79.4 cm³/mol. The molecule has 4 unspecified atom stereocenters. The van der Waals surface area contributed by atoms with Gasteiger partial charge in [0.25, 0.3) is 0 Å². The Hall–Kier alpha value is 0.822. The van der Waals surface area contributed by atoms with Crippen molar-refractivity contribution < 1.29 is 47.1 Å². The molecule has 0 aromatic heterocycles. The van der Waals surface area contributed by atoms with Crippen molar-refractivity contribution in [2.75, 3.05) is 0 Å². The van der Waals surface area contributed by atoms with Gasteiger partial charge in [-0.1, -0.05) is 57.5 Å². The van der Waals surface area contributed by atoms with Gasteiger partial charge in [0.15, 0.2) is 0 Å². The fourth-order valence-electron chi connectivity index (χ4n) is 2.70. The first-order chi connectivity index (χ1) is 9.43. The first-order valence-corrected chi connectivity index (χ1v) is 8.96. The Morgan fingerprint density at radius 1 is 0.714 bits per heavy atom. The molecule has 2 aliphatic carbocycles. The van der Waals surface area contributed by atoms with E-state index >= 15 is 0 Å². The van der Waals surface area contributed by atoms with E-state index in [-0.39, 0.29) is 48.8 Å². The van der Waals surface area contributed by atoms with Crippen LogP contribution in [-0.2, 0) is 36.9 Å². The van der Waals surface area contributed by atoms with E-state index in [0.717, 1.165) is 51.4 Å². The number of carbonyl (C=O) groups excluding carboxylic acids is 2. The monoisotopic (exact) mass is 524 g/mol. The number of rotatable bonds is 2. The van der Waals surface area contributed by atoms with Gasteiger partial charge in [0.1, 0.15) is 0 Å². The molecule has 2 aliphatic rings. The van der Waals surface area contributed by atoms with Crippen LogP contribution in [0, 0.1) is 11.8 Å². The van der Waals surface area contributed by atoms with Gasteiger partial charge < -0.3 is 19.8 Å². The first kappa shape index (κ1) is 21.8. The smallest absolute Gasteiger partial charge is 0.550 e. The van der Waals surface area contributed by atoms with Gasteiger partial charge >= 0.3 is 27.3 Å². The quantitative estimate of drug-likeness (QED) is 0.404. The Kier molecular flexibility index (Phi) is 11.8. The Bertz CT molecular complexity index is 309. The van der Waals surface area contributed by atoms with Crippen molar-refractivity contribution in [3.63, 3.8) is 0 Å². The summed E-state index contributed by atoms with van der Waals surface area (Å²) in [6.07, 6.45) is 7.83. The molecule has 4 nitrogen and oxygen atoms in total. The van der Waals surface area contributed by atoms with Crippen LogP contribution in [0.3, 0.4) is 0 Å². The van der Waals surface area contributed by atoms with E-state index in [9.17, 15) is 19.8 Å². The van der Waals surface area contributed by atoms with Gasteiger partial charge in [-0.15, -0.1) is 0 Å². The third-order valence-electron chi connectivity index (χ3n) is 3.97. The number of carboxylic acid groups (broad SMARTS) is 2. The summed E-state index contributed by atoms with van der Waals surface area (Å²) in [6, 6.07) is 0. The minimum Gasteiger partial charge on any atom is -0.550 e. The Morgan fingerprint density at radius 3 is 1.19 bits per heavy atom. The predicted octanol–water partition coefficient (Wildman–Crippen LogP) is 1.38. The second-order valence-corrected chi connectivity index (χ2v) is 7.80. The minimum atomic E-state index is -0.901. The average molecular weight is 525 g/mol. The van der Waals surface area contributed by atoms with Crippen LogP contribution in [0.4, 0.5) is 0 Å². The maximum Gasteiger partial charge on any atom is 2.00 e. The summed E-state index contributed by atoms with van der Waals surface area (Å²) in [4.78, 5) is 21.1. The van der Waals surface area contributed by atoms with Crippen molar-refractivity contribution in [3.05, 3.63) is 0 Å². The molecule has 0 amide bonds. The third kappa shape index (κ3) is 7.76. The molecule has 0 radical (unpaired) electrons. The fourth-order valence-corrected chi connectivity index (χ4v) is 4.31. The van der Waals surface area contributed by atoms with Crippen LogP contribution in [-0.4, -0.2) is 21.6 Å². The van der Waals surface area contributed by atoms with Crippen molar-refractivity contribution >= 4 is 43.8 Å². The molecule has 7 heteroatoms. The standard InChI is InChI=1S/2C7H11BrO2.Cd/c2*8-6-4-2-1-3-5(6)7(9)10;/h2*5-6H,1-4H2,(H,9,10);/q;;+2/p-2. The van der Waals surface area contributed by atoms with E-state index < -0.39 is 11.9 Å². The molecule has 0 aliphatic heterocycles. The van der Waals surface area contributed by atoms with E-state index in [1.54, 1.807) is 0 Å². The molecule has 2 fully saturated rings. The molecular formula is C14H20Br2CdO4. The number of aliphatic carboxylic acids is 2. The van der Waals surface area contributed by atoms with Crippen LogP contribution < -0.4 is 10.2 Å². The second-order valence-electron chi connectivity index (χ2n) is 5.45. The SMILES string of the molecule is O=C([O-])C1CCCCC1Br.O=C([O-])C1CCCCC1Br.[Cd+2]. The normalized spacial score (nSPS) is 32.1. The number of halogens is 2. The van der Waals surface area contributed by atoms with E-state index in [4.69, 9.17) is 0 Å². The van der Waals surface area contributed by atoms with Crippen molar-refractivity contribution in [1.29, 1.82) is 0 Å². The van der Waals surface area contributed by atoms with Gasteiger partial charge in [-0.25, -0.2) is 0 Å². The van der Waals surface area contributed by atoms with Gasteiger partial charge in [0.2, 0.25) is 0 Å². The second kappa shape index (κ2) is 11.4. The van der Waals surface area contributed by atoms with Crippen LogP contribution in [0.5, 0.6) is 0 Å². The Balaban J connectivity index is 0.000000364. The molecule has 116 valence electrons. The van der Waals surface area contributed by atoms with Crippen LogP contribution in [0.1, 0.15) is 51.4 Å². The minimum absolute atomic E-state index is 0. The van der Waals surface area contributed by atoms with Crippen molar-refractivity contribution in [2.24, 2.45) is 11.8 Å². The maximum atomic E-state index is 10.4. The number of carboxylic acids is 2. The molecule has 0 spiro atoms. The third-order valence-corrected chi connectivity index (χ3v) is 6.16. The number of hydrogen-bond acceptors (Lipinski definition) is 4. The van der Waals surface area contributed by atoms with E-state index in [1.165, 1.54) is 0 Å². The molecule has 4 atom stereocenters. The fraction of sp³-hybridized carbons (Fsp3) is 0.857. The molecule has 21 heavy (non-hydrogen) atoms. The summed E-state index contributed by atoms with van der Waals surface area (Å²) < 4.78 is 0. The van der Waals surface area contributed by atoms with Crippen molar-refractivity contribution in [1.82, 2.24) is 0 Å². The summed E-state index contributed by atoms with van der Waals surface area (Å²) >= 11 is 6.67. The number of alkyl halides is 2. The van der Waals surface area contributed by atoms with Crippen LogP contribution in [0.2, 0.25) is 0 Å². The summed E-state index contributed by atoms with van der Waals surface area (Å²) in [6.45, 7) is 0. The van der Waals surface area contributed by atoms with E-state index in [2.05, 4.69) is 31.9 Å². The van der Waals surface area contributed by atoms with Gasteiger partial charge in [-0.05, 0) is 25.7 Å². The topological polar surface area (TPSA) is 80.3 Å². The Labute approximate surface area is 162 Å². The van der Waals surface area contributed by atoms with E-state index in [0.29, 0.717) is 0 Å². The zero-order valence-electron chi connectivity index (χ0n) is 12.1. The summed E-state index contributed by atoms with van der Waals surface area (Å²) in [5.74, 6) is -2.31. The summed E-state index contributed by atoms with van der Waals surface area (Å²) in [5.41, 5.74) is 0. The molecule has 0 heterocycles. The summed E-state index contributed by atoms with van der Waals surface area (Å²) in [7, 11) is 0. The zero-order valence-corrected chi connectivity index (χ0v) is 19.3.